The Labute approximate surface area is 189 Å². The number of carbonyl (C=O) groups excluding carboxylic acids is 1. The summed E-state index contributed by atoms with van der Waals surface area (Å²) in [7, 11) is 0. The highest BCUT2D eigenvalue weighted by Crippen LogP contribution is 2.27. The van der Waals surface area contributed by atoms with Crippen LogP contribution in [0.25, 0.3) is 5.69 Å². The number of thioether (sulfide) groups is 1. The van der Waals surface area contributed by atoms with Gasteiger partial charge in [0.1, 0.15) is 0 Å². The van der Waals surface area contributed by atoms with E-state index in [9.17, 15) is 4.79 Å². The van der Waals surface area contributed by atoms with Gasteiger partial charge in [-0.1, -0.05) is 54.1 Å². The van der Waals surface area contributed by atoms with Crippen LogP contribution in [0.15, 0.2) is 83.8 Å². The summed E-state index contributed by atoms with van der Waals surface area (Å²) >= 11 is 7.49. The second-order valence-electron chi connectivity index (χ2n) is 6.87. The molecule has 1 aromatic heterocycles. The Kier molecular flexibility index (Phi) is 6.64. The smallest absolute Gasteiger partial charge is 0.252 e. The maximum Gasteiger partial charge on any atom is 0.252 e. The predicted octanol–water partition coefficient (Wildman–Crippen LogP) is 5.10. The van der Waals surface area contributed by atoms with Crippen molar-refractivity contribution in [1.29, 1.82) is 0 Å². The van der Waals surface area contributed by atoms with Gasteiger partial charge in [0.05, 0.1) is 23.0 Å². The first-order valence-electron chi connectivity index (χ1n) is 9.72. The Morgan fingerprint density at radius 2 is 1.74 bits per heavy atom. The average molecular weight is 450 g/mol. The number of nitrogens with zero attached hydrogens (tertiary/aromatic N) is 4. The molecule has 0 bridgehead atoms. The summed E-state index contributed by atoms with van der Waals surface area (Å²) in [6.45, 7) is 1.95. The van der Waals surface area contributed by atoms with Gasteiger partial charge >= 0.3 is 0 Å². The van der Waals surface area contributed by atoms with Crippen LogP contribution in [0.4, 0.5) is 0 Å². The second-order valence-corrected chi connectivity index (χ2v) is 8.33. The number of benzene rings is 3. The molecule has 3 aromatic carbocycles. The maximum atomic E-state index is 13.0. The van der Waals surface area contributed by atoms with E-state index in [0.29, 0.717) is 22.2 Å². The van der Waals surface area contributed by atoms with Crippen molar-refractivity contribution in [2.45, 2.75) is 23.6 Å². The van der Waals surface area contributed by atoms with E-state index in [1.54, 1.807) is 4.68 Å². The van der Waals surface area contributed by atoms with Crippen molar-refractivity contribution in [2.24, 2.45) is 0 Å². The summed E-state index contributed by atoms with van der Waals surface area (Å²) in [6, 6.07) is 24.6. The lowest BCUT2D eigenvalue weighted by Gasteiger charge is -2.16. The summed E-state index contributed by atoms with van der Waals surface area (Å²) in [6.07, 6.45) is 0. The van der Waals surface area contributed by atoms with Crippen LogP contribution < -0.4 is 5.32 Å². The molecule has 1 N–H and O–H groups in total. The Balaban J connectivity index is 1.47. The molecule has 0 aliphatic heterocycles. The van der Waals surface area contributed by atoms with Gasteiger partial charge in [0, 0.05) is 9.92 Å². The van der Waals surface area contributed by atoms with Gasteiger partial charge in [-0.15, -0.1) is 16.9 Å². The van der Waals surface area contributed by atoms with Crippen LogP contribution in [0.2, 0.25) is 5.02 Å². The normalized spacial score (nSPS) is 11.8. The van der Waals surface area contributed by atoms with Crippen LogP contribution in [-0.2, 0) is 5.75 Å². The molecule has 31 heavy (non-hydrogen) atoms. The van der Waals surface area contributed by atoms with E-state index >= 15 is 0 Å². The fraction of sp³-hybridized carbons (Fsp3) is 0.130. The zero-order chi connectivity index (χ0) is 21.6. The molecule has 4 aromatic rings. The molecular formula is C23H20ClN5OS. The van der Waals surface area contributed by atoms with E-state index in [0.717, 1.165) is 16.1 Å². The van der Waals surface area contributed by atoms with Gasteiger partial charge in [-0.05, 0) is 59.3 Å². The third kappa shape index (κ3) is 5.13. The topological polar surface area (TPSA) is 72.7 Å². The number of hydrogen-bond acceptors (Lipinski definition) is 5. The minimum atomic E-state index is -0.145. The molecular weight excluding hydrogens is 430 g/mol. The van der Waals surface area contributed by atoms with E-state index in [2.05, 4.69) is 20.8 Å². The van der Waals surface area contributed by atoms with Gasteiger partial charge in [0.25, 0.3) is 5.91 Å². The molecule has 1 heterocycles. The van der Waals surface area contributed by atoms with Gasteiger partial charge < -0.3 is 5.32 Å². The highest BCUT2D eigenvalue weighted by Gasteiger charge is 2.16. The standard InChI is InChI=1S/C23H20ClN5OS/c1-16(17-11-13-18(24)14-12-17)25-23(30)20-9-5-6-10-21(20)31-15-22-26-27-28-29(22)19-7-3-2-4-8-19/h2-14,16H,15H2,1H3,(H,25,30). The summed E-state index contributed by atoms with van der Waals surface area (Å²) in [5.41, 5.74) is 2.50. The van der Waals surface area contributed by atoms with E-state index < -0.39 is 0 Å². The molecule has 8 heteroatoms. The number of halogens is 1. The zero-order valence-electron chi connectivity index (χ0n) is 16.8. The lowest BCUT2D eigenvalue weighted by molar-refractivity contribution is 0.0937. The molecule has 0 saturated carbocycles. The Bertz CT molecular complexity index is 1160. The van der Waals surface area contributed by atoms with Gasteiger partial charge in [-0.2, -0.15) is 4.68 Å². The molecule has 0 spiro atoms. The van der Waals surface area contributed by atoms with E-state index in [1.807, 2.05) is 85.8 Å². The predicted molar refractivity (Wildman–Crippen MR) is 122 cm³/mol. The summed E-state index contributed by atoms with van der Waals surface area (Å²) in [4.78, 5) is 13.8. The molecule has 0 aliphatic carbocycles. The number of carbonyl (C=O) groups is 1. The van der Waals surface area contributed by atoms with E-state index in [-0.39, 0.29) is 11.9 Å². The summed E-state index contributed by atoms with van der Waals surface area (Å²) in [5.74, 6) is 1.10. The minimum absolute atomic E-state index is 0.131. The lowest BCUT2D eigenvalue weighted by Crippen LogP contribution is -2.27. The summed E-state index contributed by atoms with van der Waals surface area (Å²) in [5, 5.41) is 15.8. The highest BCUT2D eigenvalue weighted by molar-refractivity contribution is 7.98. The number of nitrogens with one attached hydrogen (secondary N) is 1. The SMILES string of the molecule is CC(NC(=O)c1ccccc1SCc1nnnn1-c1ccccc1)c1ccc(Cl)cc1. The van der Waals surface area contributed by atoms with Crippen LogP contribution in [0, 0.1) is 0 Å². The van der Waals surface area contributed by atoms with Crippen LogP contribution >= 0.6 is 23.4 Å². The van der Waals surface area contributed by atoms with Crippen LogP contribution in [-0.4, -0.2) is 26.1 Å². The van der Waals surface area contributed by atoms with Crippen molar-refractivity contribution < 1.29 is 4.79 Å². The first-order valence-corrected chi connectivity index (χ1v) is 11.1. The quantitative estimate of drug-likeness (QED) is 0.397. The fourth-order valence-corrected chi connectivity index (χ4v) is 4.18. The third-order valence-corrected chi connectivity index (χ3v) is 6.06. The third-order valence-electron chi connectivity index (χ3n) is 4.74. The molecule has 0 fully saturated rings. The number of amides is 1. The van der Waals surface area contributed by atoms with Crippen molar-refractivity contribution in [3.05, 3.63) is 101 Å². The molecule has 0 radical (unpaired) electrons. The van der Waals surface area contributed by atoms with Crippen molar-refractivity contribution >= 4 is 29.3 Å². The number of rotatable bonds is 7. The zero-order valence-corrected chi connectivity index (χ0v) is 18.3. The van der Waals surface area contributed by atoms with Gasteiger partial charge in [-0.25, -0.2) is 0 Å². The molecule has 1 amide bonds. The largest absolute Gasteiger partial charge is 0.345 e. The fourth-order valence-electron chi connectivity index (χ4n) is 3.10. The lowest BCUT2D eigenvalue weighted by atomic mass is 10.1. The first kappa shape index (κ1) is 21.1. The molecule has 0 saturated heterocycles. The van der Waals surface area contributed by atoms with Gasteiger partial charge in [-0.3, -0.25) is 4.79 Å². The molecule has 4 rings (SSSR count). The van der Waals surface area contributed by atoms with Gasteiger partial charge in [0.15, 0.2) is 5.82 Å². The van der Waals surface area contributed by atoms with Crippen molar-refractivity contribution in [3.63, 3.8) is 0 Å². The molecule has 6 nitrogen and oxygen atoms in total. The van der Waals surface area contributed by atoms with E-state index in [4.69, 9.17) is 11.6 Å². The molecule has 1 unspecified atom stereocenters. The highest BCUT2D eigenvalue weighted by atomic mass is 35.5. The first-order chi connectivity index (χ1) is 15.1. The minimum Gasteiger partial charge on any atom is -0.345 e. The maximum absolute atomic E-state index is 13.0. The molecule has 1 atom stereocenters. The molecule has 0 aliphatic rings. The van der Waals surface area contributed by atoms with E-state index in [1.165, 1.54) is 11.8 Å². The van der Waals surface area contributed by atoms with Crippen LogP contribution in [0.1, 0.15) is 34.7 Å². The Morgan fingerprint density at radius 1 is 1.03 bits per heavy atom. The van der Waals surface area contributed by atoms with Crippen molar-refractivity contribution in [1.82, 2.24) is 25.5 Å². The molecule has 156 valence electrons. The van der Waals surface area contributed by atoms with Crippen molar-refractivity contribution in [2.75, 3.05) is 0 Å². The van der Waals surface area contributed by atoms with Crippen molar-refractivity contribution in [3.8, 4) is 5.69 Å². The monoisotopic (exact) mass is 449 g/mol. The number of tetrazole rings is 1. The number of hydrogen-bond donors (Lipinski definition) is 1. The van der Waals surface area contributed by atoms with Crippen LogP contribution in [0.5, 0.6) is 0 Å². The number of aromatic nitrogens is 4. The summed E-state index contributed by atoms with van der Waals surface area (Å²) < 4.78 is 1.71. The Morgan fingerprint density at radius 3 is 2.52 bits per heavy atom. The van der Waals surface area contributed by atoms with Gasteiger partial charge in [0.2, 0.25) is 0 Å². The average Bonchev–Trinajstić information content (AvgIpc) is 3.27. The Hall–Kier alpha value is -3.16. The second kappa shape index (κ2) is 9.76. The van der Waals surface area contributed by atoms with Crippen LogP contribution in [0.3, 0.4) is 0 Å². The number of para-hydroxylation sites is 1.